The molecule has 2 aromatic rings. The Kier molecular flexibility index (Phi) is 6.12. The molecular weight excluding hydrogens is 402 g/mol. The van der Waals surface area contributed by atoms with E-state index in [0.717, 1.165) is 55.7 Å². The predicted octanol–water partition coefficient (Wildman–Crippen LogP) is 3.79. The van der Waals surface area contributed by atoms with Crippen molar-refractivity contribution in [2.45, 2.75) is 44.4 Å². The number of nitrogens with one attached hydrogen (secondary N) is 2. The summed E-state index contributed by atoms with van der Waals surface area (Å²) >= 11 is 0. The molecule has 0 spiro atoms. The largest absolute Gasteiger partial charge is 0.507 e. The zero-order valence-corrected chi connectivity index (χ0v) is 18.4. The second kappa shape index (κ2) is 9.33. The first-order valence-corrected chi connectivity index (χ1v) is 11.8. The van der Waals surface area contributed by atoms with Gasteiger partial charge in [-0.3, -0.25) is 9.78 Å². The molecule has 1 saturated heterocycles. The Hall–Kier alpha value is -2.86. The van der Waals surface area contributed by atoms with Crippen LogP contribution in [0.1, 0.15) is 54.8 Å². The first-order valence-electron chi connectivity index (χ1n) is 11.8. The number of pyridine rings is 1. The Balaban J connectivity index is 1.62. The number of hydrogen-bond acceptors (Lipinski definition) is 5. The molecule has 32 heavy (non-hydrogen) atoms. The smallest absolute Gasteiger partial charge is 0.244 e. The number of aromatic nitrogens is 1. The van der Waals surface area contributed by atoms with Crippen molar-refractivity contribution in [1.82, 2.24) is 15.6 Å². The molecule has 3 N–H and O–H groups in total. The van der Waals surface area contributed by atoms with Gasteiger partial charge in [0.25, 0.3) is 0 Å². The van der Waals surface area contributed by atoms with Crippen molar-refractivity contribution in [3.8, 4) is 22.8 Å². The lowest BCUT2D eigenvalue weighted by Gasteiger charge is -2.26. The Morgan fingerprint density at radius 3 is 2.84 bits per heavy atom. The van der Waals surface area contributed by atoms with Gasteiger partial charge in [0.15, 0.2) is 0 Å². The lowest BCUT2D eigenvalue weighted by atomic mass is 9.86. The monoisotopic (exact) mass is 433 g/mol. The lowest BCUT2D eigenvalue weighted by Crippen LogP contribution is -2.29. The molecule has 6 nitrogen and oxygen atoms in total. The predicted molar refractivity (Wildman–Crippen MR) is 125 cm³/mol. The second-order valence-corrected chi connectivity index (χ2v) is 9.13. The highest BCUT2D eigenvalue weighted by molar-refractivity contribution is 5.92. The molecular formula is C26H31N3O3. The van der Waals surface area contributed by atoms with Crippen LogP contribution in [0.2, 0.25) is 0 Å². The highest BCUT2D eigenvalue weighted by atomic mass is 16.5. The van der Waals surface area contributed by atoms with Gasteiger partial charge in [-0.2, -0.15) is 0 Å². The van der Waals surface area contributed by atoms with E-state index < -0.39 is 0 Å². The number of phenols is 1. The highest BCUT2D eigenvalue weighted by Crippen LogP contribution is 2.41. The maximum absolute atomic E-state index is 12.1. The Labute approximate surface area is 189 Å². The maximum Gasteiger partial charge on any atom is 0.244 e. The standard InChI is InChI=1S/C26H31N3O3/c30-23-6-1-7-24(32-16-17-8-9-17)26(23)22-14-20(18-4-2-12-27-15-18)19-10-11-25(31)28-13-3-5-21(19)29-22/h1,6-7,10-11,14,17-18,27,30H,2-5,8-9,12-13,15-16H2,(H,28,31). The summed E-state index contributed by atoms with van der Waals surface area (Å²) in [7, 11) is 0. The topological polar surface area (TPSA) is 83.5 Å². The Bertz CT molecular complexity index is 1020. The molecule has 1 atom stereocenters. The van der Waals surface area contributed by atoms with E-state index in [1.54, 1.807) is 12.1 Å². The summed E-state index contributed by atoms with van der Waals surface area (Å²) < 4.78 is 6.12. The van der Waals surface area contributed by atoms with Gasteiger partial charge in [-0.1, -0.05) is 6.07 Å². The number of amides is 1. The maximum atomic E-state index is 12.1. The van der Waals surface area contributed by atoms with Gasteiger partial charge in [-0.15, -0.1) is 0 Å². The molecule has 3 heterocycles. The van der Waals surface area contributed by atoms with E-state index in [1.807, 2.05) is 18.2 Å². The molecule has 3 aliphatic rings. The van der Waals surface area contributed by atoms with Crippen molar-refractivity contribution in [3.05, 3.63) is 47.2 Å². The van der Waals surface area contributed by atoms with E-state index in [1.165, 1.54) is 18.4 Å². The molecule has 1 unspecified atom stereocenters. The van der Waals surface area contributed by atoms with Crippen LogP contribution in [0.4, 0.5) is 0 Å². The minimum Gasteiger partial charge on any atom is -0.507 e. The van der Waals surface area contributed by atoms with Crippen LogP contribution < -0.4 is 15.4 Å². The average Bonchev–Trinajstić information content (AvgIpc) is 3.63. The molecule has 1 saturated carbocycles. The number of rotatable bonds is 5. The minimum absolute atomic E-state index is 0.0638. The highest BCUT2D eigenvalue weighted by Gasteiger charge is 2.26. The summed E-state index contributed by atoms with van der Waals surface area (Å²) in [4.78, 5) is 17.1. The molecule has 5 rings (SSSR count). The first kappa shape index (κ1) is 21.0. The molecule has 1 aliphatic carbocycles. The number of benzene rings is 1. The average molecular weight is 434 g/mol. The molecule has 2 aliphatic heterocycles. The number of piperidine rings is 1. The van der Waals surface area contributed by atoms with Crippen LogP contribution in [-0.4, -0.2) is 42.2 Å². The van der Waals surface area contributed by atoms with Gasteiger partial charge in [-0.05, 0) is 92.3 Å². The molecule has 0 radical (unpaired) electrons. The van der Waals surface area contributed by atoms with E-state index in [9.17, 15) is 9.90 Å². The van der Waals surface area contributed by atoms with E-state index in [4.69, 9.17) is 9.72 Å². The van der Waals surface area contributed by atoms with Gasteiger partial charge in [0, 0.05) is 24.9 Å². The Morgan fingerprint density at radius 1 is 1.12 bits per heavy atom. The third kappa shape index (κ3) is 4.65. The van der Waals surface area contributed by atoms with E-state index >= 15 is 0 Å². The summed E-state index contributed by atoms with van der Waals surface area (Å²) in [6.07, 6.45) is 9.77. The molecule has 2 fully saturated rings. The van der Waals surface area contributed by atoms with Crippen LogP contribution in [0.25, 0.3) is 17.3 Å². The zero-order chi connectivity index (χ0) is 21.9. The summed E-state index contributed by atoms with van der Waals surface area (Å²) in [5.74, 6) is 1.78. The number of aryl methyl sites for hydroxylation is 1. The second-order valence-electron chi connectivity index (χ2n) is 9.13. The van der Waals surface area contributed by atoms with Crippen molar-refractivity contribution < 1.29 is 14.6 Å². The van der Waals surface area contributed by atoms with Gasteiger partial charge < -0.3 is 20.5 Å². The fourth-order valence-corrected chi connectivity index (χ4v) is 4.67. The summed E-state index contributed by atoms with van der Waals surface area (Å²) in [6.45, 7) is 3.24. The van der Waals surface area contributed by atoms with Crippen LogP contribution in [0.5, 0.6) is 11.5 Å². The van der Waals surface area contributed by atoms with Crippen LogP contribution >= 0.6 is 0 Å². The minimum atomic E-state index is -0.0638. The quantitative estimate of drug-likeness (QED) is 0.668. The fourth-order valence-electron chi connectivity index (χ4n) is 4.67. The SMILES string of the molecule is O=C1C=Cc2c(C3CCCNC3)cc(-c3c(O)cccc3OCC3CC3)nc2CCCN1. The Morgan fingerprint density at radius 2 is 2.03 bits per heavy atom. The van der Waals surface area contributed by atoms with Gasteiger partial charge in [-0.25, -0.2) is 0 Å². The first-order chi connectivity index (χ1) is 15.7. The number of hydrogen-bond donors (Lipinski definition) is 3. The van der Waals surface area contributed by atoms with Gasteiger partial charge in [0.1, 0.15) is 11.5 Å². The van der Waals surface area contributed by atoms with E-state index in [2.05, 4.69) is 16.7 Å². The van der Waals surface area contributed by atoms with Crippen molar-refractivity contribution in [3.63, 3.8) is 0 Å². The van der Waals surface area contributed by atoms with Crippen molar-refractivity contribution in [2.75, 3.05) is 26.2 Å². The lowest BCUT2D eigenvalue weighted by molar-refractivity contribution is -0.116. The third-order valence-electron chi connectivity index (χ3n) is 6.63. The number of fused-ring (bicyclic) bond motifs is 1. The van der Waals surface area contributed by atoms with Crippen LogP contribution in [0, 0.1) is 5.92 Å². The summed E-state index contributed by atoms with van der Waals surface area (Å²) in [5, 5.41) is 17.3. The number of ether oxygens (including phenoxy) is 1. The van der Waals surface area contributed by atoms with E-state index in [-0.39, 0.29) is 11.7 Å². The number of phenolic OH excluding ortho intramolecular Hbond substituents is 1. The van der Waals surface area contributed by atoms with E-state index in [0.29, 0.717) is 36.3 Å². The van der Waals surface area contributed by atoms with Gasteiger partial charge in [0.2, 0.25) is 5.91 Å². The normalized spacial score (nSPS) is 21.1. The molecule has 1 amide bonds. The van der Waals surface area contributed by atoms with Crippen LogP contribution in [-0.2, 0) is 11.2 Å². The molecule has 168 valence electrons. The van der Waals surface area contributed by atoms with Crippen molar-refractivity contribution in [1.29, 1.82) is 0 Å². The van der Waals surface area contributed by atoms with Crippen LogP contribution in [0.15, 0.2) is 30.3 Å². The third-order valence-corrected chi connectivity index (χ3v) is 6.63. The zero-order valence-electron chi connectivity index (χ0n) is 18.4. The number of aromatic hydroxyl groups is 1. The number of nitrogens with zero attached hydrogens (tertiary/aromatic N) is 1. The van der Waals surface area contributed by atoms with Crippen molar-refractivity contribution >= 4 is 12.0 Å². The summed E-state index contributed by atoms with van der Waals surface area (Å²) in [5.41, 5.74) is 4.64. The molecule has 0 bridgehead atoms. The number of carbonyl (C=O) groups excluding carboxylic acids is 1. The molecule has 1 aromatic heterocycles. The molecule has 6 heteroatoms. The summed E-state index contributed by atoms with van der Waals surface area (Å²) in [6, 6.07) is 7.55. The van der Waals surface area contributed by atoms with Gasteiger partial charge in [0.05, 0.1) is 17.9 Å². The fraction of sp³-hybridized carbons (Fsp3) is 0.462. The molecule has 1 aromatic carbocycles. The van der Waals surface area contributed by atoms with Crippen molar-refractivity contribution in [2.24, 2.45) is 5.92 Å². The van der Waals surface area contributed by atoms with Gasteiger partial charge >= 0.3 is 0 Å². The number of carbonyl (C=O) groups is 1. The van der Waals surface area contributed by atoms with Crippen LogP contribution in [0.3, 0.4) is 0 Å².